The molecule has 2 N–H and O–H groups in total. The monoisotopic (exact) mass is 256 g/mol. The Morgan fingerprint density at radius 1 is 1.05 bits per heavy atom. The van der Waals surface area contributed by atoms with Crippen LogP contribution in [-0.2, 0) is 6.54 Å². The molecule has 0 fully saturated rings. The van der Waals surface area contributed by atoms with Crippen LogP contribution in [0, 0.1) is 20.8 Å². The number of benzene rings is 1. The van der Waals surface area contributed by atoms with Gasteiger partial charge in [-0.05, 0) is 38.0 Å². The van der Waals surface area contributed by atoms with Gasteiger partial charge in [-0.2, -0.15) is 0 Å². The summed E-state index contributed by atoms with van der Waals surface area (Å²) in [4.78, 5) is 11.8. The van der Waals surface area contributed by atoms with Crippen molar-refractivity contribution in [3.05, 3.63) is 69.1 Å². The number of hydrogen-bond donors (Lipinski definition) is 1. The van der Waals surface area contributed by atoms with Gasteiger partial charge in [0.1, 0.15) is 0 Å². The molecule has 3 heteroatoms. The zero-order valence-corrected chi connectivity index (χ0v) is 11.7. The van der Waals surface area contributed by atoms with Gasteiger partial charge in [0.05, 0.1) is 0 Å². The lowest BCUT2D eigenvalue weighted by Crippen LogP contribution is -2.26. The summed E-state index contributed by atoms with van der Waals surface area (Å²) < 4.78 is 1.66. The van der Waals surface area contributed by atoms with E-state index in [1.807, 2.05) is 13.0 Å². The molecule has 2 rings (SSSR count). The number of nitrogens with two attached hydrogens (primary N) is 1. The van der Waals surface area contributed by atoms with Crippen LogP contribution >= 0.6 is 0 Å². The van der Waals surface area contributed by atoms with Gasteiger partial charge >= 0.3 is 0 Å². The van der Waals surface area contributed by atoms with Crippen LogP contribution in [0.25, 0.3) is 0 Å². The number of aromatic nitrogens is 1. The third-order valence-corrected chi connectivity index (χ3v) is 3.22. The summed E-state index contributed by atoms with van der Waals surface area (Å²) in [5.74, 6) is 0. The Labute approximate surface area is 113 Å². The molecule has 0 spiro atoms. The second kappa shape index (κ2) is 5.41. The Bertz CT molecular complexity index is 623. The van der Waals surface area contributed by atoms with Crippen LogP contribution in [0.5, 0.6) is 0 Å². The summed E-state index contributed by atoms with van der Waals surface area (Å²) in [7, 11) is 0. The molecular formula is C16H20N2O. The van der Waals surface area contributed by atoms with Gasteiger partial charge in [-0.1, -0.05) is 29.3 Å². The summed E-state index contributed by atoms with van der Waals surface area (Å²) >= 11 is 0. The summed E-state index contributed by atoms with van der Waals surface area (Å²) in [6, 6.07) is 9.67. The van der Waals surface area contributed by atoms with E-state index in [4.69, 9.17) is 5.73 Å². The molecule has 1 aromatic carbocycles. The van der Waals surface area contributed by atoms with Gasteiger partial charge in [0.25, 0.3) is 5.56 Å². The Balaban J connectivity index is 2.25. The molecule has 0 bridgehead atoms. The molecule has 1 atom stereocenters. The first kappa shape index (κ1) is 13.6. The first-order chi connectivity index (χ1) is 8.95. The van der Waals surface area contributed by atoms with Gasteiger partial charge in [0, 0.05) is 24.8 Å². The van der Waals surface area contributed by atoms with Crippen molar-refractivity contribution in [1.29, 1.82) is 0 Å². The predicted molar refractivity (Wildman–Crippen MR) is 78.3 cm³/mol. The molecular weight excluding hydrogens is 236 g/mol. The van der Waals surface area contributed by atoms with Crippen LogP contribution in [0.4, 0.5) is 0 Å². The molecule has 1 heterocycles. The predicted octanol–water partition coefficient (Wildman–Crippen LogP) is 2.47. The summed E-state index contributed by atoms with van der Waals surface area (Å²) in [5, 5.41) is 0. The second-order valence-electron chi connectivity index (χ2n) is 5.22. The largest absolute Gasteiger partial charge is 0.322 e. The molecule has 3 nitrogen and oxygen atoms in total. The minimum atomic E-state index is -0.168. The summed E-state index contributed by atoms with van der Waals surface area (Å²) in [6.45, 7) is 6.53. The van der Waals surface area contributed by atoms with Gasteiger partial charge in [0.15, 0.2) is 0 Å². The van der Waals surface area contributed by atoms with Crippen molar-refractivity contribution >= 4 is 0 Å². The number of pyridine rings is 1. The van der Waals surface area contributed by atoms with Crippen molar-refractivity contribution in [3.8, 4) is 0 Å². The van der Waals surface area contributed by atoms with Crippen LogP contribution in [0.2, 0.25) is 0 Å². The van der Waals surface area contributed by atoms with Gasteiger partial charge in [0.2, 0.25) is 0 Å². The highest BCUT2D eigenvalue weighted by Gasteiger charge is 2.08. The molecule has 0 aliphatic heterocycles. The number of aryl methyl sites for hydroxylation is 3. The highest BCUT2D eigenvalue weighted by molar-refractivity contribution is 5.30. The van der Waals surface area contributed by atoms with E-state index in [0.717, 1.165) is 11.1 Å². The molecule has 0 aliphatic rings. The lowest BCUT2D eigenvalue weighted by Gasteiger charge is -2.15. The second-order valence-corrected chi connectivity index (χ2v) is 5.22. The van der Waals surface area contributed by atoms with E-state index < -0.39 is 0 Å². The molecule has 19 heavy (non-hydrogen) atoms. The molecule has 1 unspecified atom stereocenters. The third-order valence-electron chi connectivity index (χ3n) is 3.22. The lowest BCUT2D eigenvalue weighted by atomic mass is 10.0. The number of nitrogens with zero attached hydrogens (tertiary/aromatic N) is 1. The Morgan fingerprint density at radius 2 is 1.68 bits per heavy atom. The number of hydrogen-bond acceptors (Lipinski definition) is 2. The van der Waals surface area contributed by atoms with Crippen molar-refractivity contribution in [2.24, 2.45) is 5.73 Å². The van der Waals surface area contributed by atoms with Crippen LogP contribution in [-0.4, -0.2) is 4.57 Å². The van der Waals surface area contributed by atoms with Crippen LogP contribution in [0.1, 0.15) is 28.3 Å². The normalized spacial score (nSPS) is 12.4. The van der Waals surface area contributed by atoms with Crippen molar-refractivity contribution in [1.82, 2.24) is 4.57 Å². The average Bonchev–Trinajstić information content (AvgIpc) is 2.31. The van der Waals surface area contributed by atoms with Crippen molar-refractivity contribution in [2.45, 2.75) is 33.4 Å². The fourth-order valence-corrected chi connectivity index (χ4v) is 2.30. The maximum Gasteiger partial charge on any atom is 0.250 e. The van der Waals surface area contributed by atoms with Crippen molar-refractivity contribution in [2.75, 3.05) is 0 Å². The van der Waals surface area contributed by atoms with E-state index in [1.165, 1.54) is 11.1 Å². The van der Waals surface area contributed by atoms with Gasteiger partial charge in [-0.25, -0.2) is 0 Å². The minimum Gasteiger partial charge on any atom is -0.322 e. The van der Waals surface area contributed by atoms with Gasteiger partial charge < -0.3 is 10.3 Å². The SMILES string of the molecule is Cc1cc(C)cc(C(N)Cn2ccc(C)cc2=O)c1. The van der Waals surface area contributed by atoms with E-state index in [-0.39, 0.29) is 11.6 Å². The summed E-state index contributed by atoms with van der Waals surface area (Å²) in [6.07, 6.45) is 1.81. The first-order valence-corrected chi connectivity index (χ1v) is 6.46. The quantitative estimate of drug-likeness (QED) is 0.917. The smallest absolute Gasteiger partial charge is 0.250 e. The van der Waals surface area contributed by atoms with E-state index in [0.29, 0.717) is 6.54 Å². The highest BCUT2D eigenvalue weighted by atomic mass is 16.1. The zero-order chi connectivity index (χ0) is 14.0. The van der Waals surface area contributed by atoms with Gasteiger partial charge in [-0.3, -0.25) is 4.79 Å². The first-order valence-electron chi connectivity index (χ1n) is 6.46. The number of rotatable bonds is 3. The maximum absolute atomic E-state index is 11.8. The molecule has 0 radical (unpaired) electrons. The molecule has 0 saturated heterocycles. The molecule has 2 aromatic rings. The standard InChI is InChI=1S/C16H20N2O/c1-11-4-5-18(16(19)9-11)10-15(17)14-7-12(2)6-13(3)8-14/h4-9,15H,10,17H2,1-3H3. The van der Waals surface area contributed by atoms with Crippen molar-refractivity contribution < 1.29 is 0 Å². The fraction of sp³-hybridized carbons (Fsp3) is 0.312. The van der Waals surface area contributed by atoms with Gasteiger partial charge in [-0.15, -0.1) is 0 Å². The highest BCUT2D eigenvalue weighted by Crippen LogP contribution is 2.16. The average molecular weight is 256 g/mol. The van der Waals surface area contributed by atoms with Crippen molar-refractivity contribution in [3.63, 3.8) is 0 Å². The Kier molecular flexibility index (Phi) is 3.86. The topological polar surface area (TPSA) is 48.0 Å². The minimum absolute atomic E-state index is 0.000162. The molecule has 0 saturated carbocycles. The molecule has 0 aliphatic carbocycles. The van der Waals surface area contributed by atoms with E-state index in [1.54, 1.807) is 16.8 Å². The molecule has 1 aromatic heterocycles. The Hall–Kier alpha value is -1.87. The Morgan fingerprint density at radius 3 is 2.26 bits per heavy atom. The lowest BCUT2D eigenvalue weighted by molar-refractivity contribution is 0.561. The van der Waals surface area contributed by atoms with Crippen LogP contribution in [0.15, 0.2) is 41.3 Å². The summed E-state index contributed by atoms with van der Waals surface area (Å²) in [5.41, 5.74) is 10.7. The maximum atomic E-state index is 11.8. The third kappa shape index (κ3) is 3.32. The van der Waals surface area contributed by atoms with E-state index in [2.05, 4.69) is 32.0 Å². The molecule has 0 amide bonds. The van der Waals surface area contributed by atoms with Crippen LogP contribution < -0.4 is 11.3 Å². The fourth-order valence-electron chi connectivity index (χ4n) is 2.30. The molecule has 100 valence electrons. The van der Waals surface area contributed by atoms with Crippen LogP contribution in [0.3, 0.4) is 0 Å². The van der Waals surface area contributed by atoms with E-state index >= 15 is 0 Å². The zero-order valence-electron chi connectivity index (χ0n) is 11.7. The van der Waals surface area contributed by atoms with E-state index in [9.17, 15) is 4.79 Å².